The molecule has 1 aromatic carbocycles. The molecule has 370 valence electrons. The largest absolute Gasteiger partial charge is 0.464 e. The molecule has 68 heavy (non-hydrogen) atoms. The van der Waals surface area contributed by atoms with E-state index in [1.807, 2.05) is 48.9 Å². The second kappa shape index (κ2) is 19.9. The van der Waals surface area contributed by atoms with E-state index in [0.717, 1.165) is 57.5 Å². The maximum atomic E-state index is 14.6. The second-order valence-corrected chi connectivity index (χ2v) is 21.3. The van der Waals surface area contributed by atoms with Crippen LogP contribution in [-0.2, 0) is 48.0 Å². The number of pyridine rings is 1. The summed E-state index contributed by atoms with van der Waals surface area (Å²) >= 11 is 1.43. The summed E-state index contributed by atoms with van der Waals surface area (Å²) in [5.74, 6) is -1.20. The number of nitrogens with one attached hydrogen (secondary N) is 2. The smallest absolute Gasteiger partial charge is 0.324 e. The normalized spacial score (nSPS) is 21.4. The Labute approximate surface area is 407 Å². The summed E-state index contributed by atoms with van der Waals surface area (Å²) in [7, 11) is 3.43. The highest BCUT2D eigenvalue weighted by Gasteiger charge is 2.54. The van der Waals surface area contributed by atoms with Crippen molar-refractivity contribution in [3.63, 3.8) is 0 Å². The van der Waals surface area contributed by atoms with Crippen LogP contribution in [0.1, 0.15) is 112 Å². The van der Waals surface area contributed by atoms with Gasteiger partial charge in [-0.1, -0.05) is 40.7 Å². The van der Waals surface area contributed by atoms with Crippen LogP contribution in [0.5, 0.6) is 0 Å². The first-order valence-electron chi connectivity index (χ1n) is 24.4. The number of benzene rings is 1. The molecular weight excluding hydrogens is 883 g/mol. The molecule has 4 atom stereocenters. The number of ether oxygens (including phenoxy) is 2. The Morgan fingerprint density at radius 1 is 1.10 bits per heavy atom. The Morgan fingerprint density at radius 2 is 1.88 bits per heavy atom. The summed E-state index contributed by atoms with van der Waals surface area (Å²) in [6, 6.07) is 8.04. The fourth-order valence-corrected chi connectivity index (χ4v) is 11.6. The van der Waals surface area contributed by atoms with Crippen LogP contribution < -0.4 is 10.7 Å². The molecule has 0 unspecified atom stereocenters. The number of urea groups is 1. The number of nitrogens with zero attached hydrogens (tertiary/aromatic N) is 7. The van der Waals surface area contributed by atoms with Gasteiger partial charge in [-0.3, -0.25) is 29.2 Å². The van der Waals surface area contributed by atoms with Crippen LogP contribution in [-0.4, -0.2) is 135 Å². The molecule has 16 nitrogen and oxygen atoms in total. The third-order valence-corrected chi connectivity index (χ3v) is 15.5. The van der Waals surface area contributed by atoms with Gasteiger partial charge in [-0.25, -0.2) is 15.2 Å². The number of thiazole rings is 1. The van der Waals surface area contributed by atoms with E-state index >= 15 is 0 Å². The number of rotatable bonds is 10. The van der Waals surface area contributed by atoms with E-state index in [0.29, 0.717) is 63.4 Å². The van der Waals surface area contributed by atoms with Gasteiger partial charge in [0.25, 0.3) is 5.91 Å². The van der Waals surface area contributed by atoms with E-state index in [4.69, 9.17) is 19.4 Å². The summed E-state index contributed by atoms with van der Waals surface area (Å²) in [5.41, 5.74) is 8.99. The van der Waals surface area contributed by atoms with Gasteiger partial charge >= 0.3 is 12.0 Å². The van der Waals surface area contributed by atoms with Gasteiger partial charge < -0.3 is 34.1 Å². The number of methoxy groups -OCH3 is 1. The number of carbonyl (C=O) groups excluding carboxylic acids is 5. The van der Waals surface area contributed by atoms with Crippen molar-refractivity contribution in [2.75, 3.05) is 46.9 Å². The average Bonchev–Trinajstić information content (AvgIpc) is 4.06. The molecule has 7 heterocycles. The SMILES string of the molecule is CCC(=O)N1CC2(CCCN2C(=O)N(C)[C@H](CC(=O)N[C@H]2Cc3nc(cs3)-c3ccc4c(c3)c(c(-c3cccnc3[C@H](C)OC)n4CC)CC(C)(C)COC(=O)[C@@H]3CCCN(N3)C2=O)C(C)C)C1.[HH].[HH]. The number of hydrazine groups is 1. The molecule has 3 aromatic heterocycles. The van der Waals surface area contributed by atoms with E-state index in [-0.39, 0.29) is 63.6 Å². The Balaban J connectivity index is 0.00000402. The maximum Gasteiger partial charge on any atom is 0.324 e. The Kier molecular flexibility index (Phi) is 14.4. The Hall–Kier alpha value is -5.39. The lowest BCUT2D eigenvalue weighted by Gasteiger charge is -2.53. The summed E-state index contributed by atoms with van der Waals surface area (Å²) in [6.45, 7) is 17.0. The first-order chi connectivity index (χ1) is 32.5. The first-order valence-corrected chi connectivity index (χ1v) is 25.3. The summed E-state index contributed by atoms with van der Waals surface area (Å²) in [6.07, 6.45) is 5.38. The predicted molar refractivity (Wildman–Crippen MR) is 265 cm³/mol. The van der Waals surface area contributed by atoms with Crippen molar-refractivity contribution in [3.8, 4) is 22.5 Å². The number of carbonyl (C=O) groups is 5. The van der Waals surface area contributed by atoms with Gasteiger partial charge in [0.15, 0.2) is 0 Å². The number of aryl methyl sites for hydroxylation is 1. The lowest BCUT2D eigenvalue weighted by Crippen LogP contribution is -2.71. The summed E-state index contributed by atoms with van der Waals surface area (Å²) in [4.78, 5) is 84.8. The molecular formula is C51H73N9O7S. The summed E-state index contributed by atoms with van der Waals surface area (Å²) in [5, 5.41) is 8.23. The molecule has 17 heteroatoms. The number of amides is 5. The van der Waals surface area contributed by atoms with E-state index in [9.17, 15) is 24.0 Å². The van der Waals surface area contributed by atoms with Crippen LogP contribution >= 0.6 is 11.3 Å². The van der Waals surface area contributed by atoms with Gasteiger partial charge in [-0.15, -0.1) is 11.3 Å². The van der Waals surface area contributed by atoms with Gasteiger partial charge in [0, 0.05) is 114 Å². The van der Waals surface area contributed by atoms with Crippen molar-refractivity contribution in [2.24, 2.45) is 11.3 Å². The fraction of sp³-hybridized carbons (Fsp3) is 0.588. The third-order valence-electron chi connectivity index (χ3n) is 14.6. The highest BCUT2D eigenvalue weighted by atomic mass is 32.1. The minimum Gasteiger partial charge on any atom is -0.464 e. The molecule has 1 spiro atoms. The van der Waals surface area contributed by atoms with Crippen LogP contribution in [0, 0.1) is 11.3 Å². The number of aromatic nitrogens is 3. The third kappa shape index (κ3) is 9.62. The number of hydrogen-bond donors (Lipinski definition) is 2. The minimum atomic E-state index is -1.02. The van der Waals surface area contributed by atoms with Crippen molar-refractivity contribution in [3.05, 3.63) is 58.2 Å². The lowest BCUT2D eigenvalue weighted by atomic mass is 9.84. The molecule has 3 saturated heterocycles. The van der Waals surface area contributed by atoms with Crippen molar-refractivity contribution < 1.29 is 36.3 Å². The Bertz CT molecular complexity index is 2560. The molecule has 4 aliphatic heterocycles. The quantitative estimate of drug-likeness (QED) is 0.154. The van der Waals surface area contributed by atoms with Gasteiger partial charge in [0.1, 0.15) is 12.1 Å². The van der Waals surface area contributed by atoms with E-state index in [1.54, 1.807) is 25.3 Å². The zero-order chi connectivity index (χ0) is 48.7. The molecule has 0 aliphatic carbocycles. The van der Waals surface area contributed by atoms with Gasteiger partial charge in [0.05, 0.1) is 40.3 Å². The van der Waals surface area contributed by atoms with Gasteiger partial charge in [-0.05, 0) is 81.7 Å². The van der Waals surface area contributed by atoms with E-state index in [2.05, 4.69) is 60.3 Å². The highest BCUT2D eigenvalue weighted by molar-refractivity contribution is 7.10. The molecule has 4 aliphatic rings. The van der Waals surface area contributed by atoms with Crippen LogP contribution in [0.15, 0.2) is 41.9 Å². The van der Waals surface area contributed by atoms with Crippen molar-refractivity contribution in [1.29, 1.82) is 0 Å². The molecule has 2 N–H and O–H groups in total. The summed E-state index contributed by atoms with van der Waals surface area (Å²) < 4.78 is 14.3. The van der Waals surface area contributed by atoms with Crippen molar-refractivity contribution in [1.82, 2.24) is 45.0 Å². The van der Waals surface area contributed by atoms with E-state index < -0.39 is 29.5 Å². The zero-order valence-electron chi connectivity index (χ0n) is 41.2. The zero-order valence-corrected chi connectivity index (χ0v) is 42.0. The van der Waals surface area contributed by atoms with Crippen LogP contribution in [0.2, 0.25) is 0 Å². The minimum absolute atomic E-state index is 0. The second-order valence-electron chi connectivity index (χ2n) is 20.3. The van der Waals surface area contributed by atoms with Crippen LogP contribution in [0.3, 0.4) is 0 Å². The number of fused-ring (bicyclic) bond motifs is 6. The monoisotopic (exact) mass is 956 g/mol. The number of esters is 1. The van der Waals surface area contributed by atoms with Crippen LogP contribution in [0.25, 0.3) is 33.4 Å². The maximum absolute atomic E-state index is 14.6. The molecule has 5 amide bonds. The lowest BCUT2D eigenvalue weighted by molar-refractivity contribution is -0.155. The van der Waals surface area contributed by atoms with Crippen molar-refractivity contribution >= 4 is 52.0 Å². The highest BCUT2D eigenvalue weighted by Crippen LogP contribution is 2.43. The predicted octanol–water partition coefficient (Wildman–Crippen LogP) is 7.25. The number of likely N-dealkylation sites (tertiary alicyclic amines) is 2. The molecule has 8 rings (SSSR count). The first kappa shape index (κ1) is 49.0. The van der Waals surface area contributed by atoms with Gasteiger partial charge in [0.2, 0.25) is 11.8 Å². The Morgan fingerprint density at radius 3 is 2.60 bits per heavy atom. The molecule has 3 fully saturated rings. The number of hydrogen-bond acceptors (Lipinski definition) is 11. The van der Waals surface area contributed by atoms with Crippen molar-refractivity contribution in [2.45, 2.75) is 136 Å². The van der Waals surface area contributed by atoms with Gasteiger partial charge in [-0.2, -0.15) is 0 Å². The molecule has 0 saturated carbocycles. The number of cyclic esters (lactones) is 1. The molecule has 0 radical (unpaired) electrons. The van der Waals surface area contributed by atoms with E-state index in [1.165, 1.54) is 16.3 Å². The van der Waals surface area contributed by atoms with Crippen LogP contribution in [0.4, 0.5) is 4.79 Å². The topological polar surface area (TPSA) is 172 Å². The molecule has 6 bridgehead atoms. The fourth-order valence-electron chi connectivity index (χ4n) is 10.8. The standard InChI is InChI=1S/C51H69N9O7S.2H2/c1-10-44(62)57-28-51(29-57)19-14-21-59(51)49(65)56(8)41(31(3)4)25-42(61)53-38-24-43-54-39(27-68-43)33-17-18-40-35(23-33)36(46(58(40)11-2)34-15-12-20-52-45(34)32(5)66-9)26-50(6,7)30-67-48(64)37-16-13-22-60(55-37)47(38)63;;/h12,15,17-18,20,23,27,31-32,37-38,41,55H,10-11,13-14,16,19,21-22,24-26,28-30H2,1-9H3,(H,53,61);2*1H/t32-,37-,38-,41+;;/m0../s1. The molecule has 4 aromatic rings. The average molecular weight is 956 g/mol.